The fourth-order valence-corrected chi connectivity index (χ4v) is 1.32. The second kappa shape index (κ2) is 2.95. The number of aromatic amines is 1. The minimum atomic E-state index is 0.148. The highest BCUT2D eigenvalue weighted by atomic mass is 16.3. The second-order valence-electron chi connectivity index (χ2n) is 2.69. The molecule has 3 heteroatoms. The van der Waals surface area contributed by atoms with Gasteiger partial charge in [0.15, 0.2) is 0 Å². The third kappa shape index (κ3) is 1.08. The zero-order valence-electron chi connectivity index (χ0n) is 6.62. The maximum Gasteiger partial charge on any atom is 0.0723 e. The van der Waals surface area contributed by atoms with E-state index in [4.69, 9.17) is 5.11 Å². The smallest absolute Gasteiger partial charge is 0.0723 e. The largest absolute Gasteiger partial charge is 0.396 e. The highest BCUT2D eigenvalue weighted by Crippen LogP contribution is 2.14. The molecule has 0 bridgehead atoms. The number of para-hydroxylation sites is 1. The van der Waals surface area contributed by atoms with E-state index >= 15 is 0 Å². The Labute approximate surface area is 70.0 Å². The van der Waals surface area contributed by atoms with Gasteiger partial charge in [0, 0.05) is 18.4 Å². The summed E-state index contributed by atoms with van der Waals surface area (Å²) in [6.45, 7) is 0.148. The fraction of sp³-hybridized carbons (Fsp3) is 0.222. The number of nitrogens with zero attached hydrogens (tertiary/aromatic N) is 1. The van der Waals surface area contributed by atoms with Crippen LogP contribution in [-0.2, 0) is 6.42 Å². The minimum Gasteiger partial charge on any atom is -0.396 e. The summed E-state index contributed by atoms with van der Waals surface area (Å²) < 4.78 is 0. The number of rotatable bonds is 2. The first-order valence-electron chi connectivity index (χ1n) is 3.94. The lowest BCUT2D eigenvalue weighted by Gasteiger charge is -1.91. The summed E-state index contributed by atoms with van der Waals surface area (Å²) in [6, 6.07) is 7.91. The van der Waals surface area contributed by atoms with Crippen LogP contribution in [0.3, 0.4) is 0 Å². The number of fused-ring (bicyclic) bond motifs is 1. The number of hydrogen-bond acceptors (Lipinski definition) is 2. The van der Waals surface area contributed by atoms with E-state index in [0.717, 1.165) is 16.6 Å². The number of aliphatic hydroxyl groups is 1. The van der Waals surface area contributed by atoms with Crippen LogP contribution < -0.4 is 0 Å². The van der Waals surface area contributed by atoms with Crippen LogP contribution in [0, 0.1) is 0 Å². The predicted molar refractivity (Wildman–Crippen MR) is 46.9 cm³/mol. The Morgan fingerprint density at radius 1 is 1.33 bits per heavy atom. The maximum atomic E-state index is 8.74. The molecule has 0 unspecified atom stereocenters. The van der Waals surface area contributed by atoms with Crippen molar-refractivity contribution >= 4 is 10.9 Å². The van der Waals surface area contributed by atoms with Crippen LogP contribution in [-0.4, -0.2) is 21.9 Å². The van der Waals surface area contributed by atoms with Crippen molar-refractivity contribution in [1.82, 2.24) is 10.2 Å². The van der Waals surface area contributed by atoms with Gasteiger partial charge in [-0.05, 0) is 6.07 Å². The molecular formula is C9H10N2O. The lowest BCUT2D eigenvalue weighted by Crippen LogP contribution is -1.90. The minimum absolute atomic E-state index is 0.148. The Morgan fingerprint density at radius 2 is 2.17 bits per heavy atom. The van der Waals surface area contributed by atoms with Crippen molar-refractivity contribution in [2.45, 2.75) is 6.42 Å². The van der Waals surface area contributed by atoms with Crippen molar-refractivity contribution in [2.24, 2.45) is 0 Å². The number of H-pyrrole nitrogens is 1. The lowest BCUT2D eigenvalue weighted by molar-refractivity contribution is 0.298. The summed E-state index contributed by atoms with van der Waals surface area (Å²) in [5.74, 6) is 0. The number of hydrogen-bond donors (Lipinski definition) is 2. The van der Waals surface area contributed by atoms with E-state index in [9.17, 15) is 0 Å². The molecule has 0 aliphatic heterocycles. The van der Waals surface area contributed by atoms with Crippen molar-refractivity contribution in [3.63, 3.8) is 0 Å². The van der Waals surface area contributed by atoms with E-state index in [-0.39, 0.29) is 6.61 Å². The molecule has 0 saturated carbocycles. The summed E-state index contributed by atoms with van der Waals surface area (Å²) in [4.78, 5) is 0. The average Bonchev–Trinajstić information content (AvgIpc) is 2.50. The third-order valence-corrected chi connectivity index (χ3v) is 1.90. The molecule has 3 nitrogen and oxygen atoms in total. The molecule has 0 spiro atoms. The van der Waals surface area contributed by atoms with Crippen molar-refractivity contribution in [3.05, 3.63) is 30.0 Å². The van der Waals surface area contributed by atoms with Gasteiger partial charge in [-0.25, -0.2) is 0 Å². The van der Waals surface area contributed by atoms with Gasteiger partial charge < -0.3 is 5.11 Å². The molecule has 0 aliphatic rings. The molecule has 62 valence electrons. The molecule has 0 aliphatic carbocycles. The van der Waals surface area contributed by atoms with Crippen LogP contribution in [0.4, 0.5) is 0 Å². The quantitative estimate of drug-likeness (QED) is 0.694. The Balaban J connectivity index is 2.55. The molecule has 1 heterocycles. The molecule has 0 fully saturated rings. The van der Waals surface area contributed by atoms with Crippen LogP contribution in [0.2, 0.25) is 0 Å². The molecule has 0 radical (unpaired) electrons. The molecule has 0 saturated heterocycles. The van der Waals surface area contributed by atoms with E-state index in [1.54, 1.807) is 0 Å². The van der Waals surface area contributed by atoms with E-state index in [0.29, 0.717) is 6.42 Å². The van der Waals surface area contributed by atoms with Crippen LogP contribution in [0.1, 0.15) is 5.69 Å². The van der Waals surface area contributed by atoms with Gasteiger partial charge in [-0.1, -0.05) is 18.2 Å². The molecule has 0 amide bonds. The monoisotopic (exact) mass is 162 g/mol. The predicted octanol–water partition coefficient (Wildman–Crippen LogP) is 1.10. The SMILES string of the molecule is OCCc1n[nH]c2ccccc12. The van der Waals surface area contributed by atoms with Gasteiger partial charge >= 0.3 is 0 Å². The summed E-state index contributed by atoms with van der Waals surface area (Å²) >= 11 is 0. The van der Waals surface area contributed by atoms with Gasteiger partial charge in [0.05, 0.1) is 11.2 Å². The first kappa shape index (κ1) is 7.31. The van der Waals surface area contributed by atoms with E-state index in [2.05, 4.69) is 10.2 Å². The Kier molecular flexibility index (Phi) is 1.80. The Hall–Kier alpha value is -1.35. The normalized spacial score (nSPS) is 10.8. The van der Waals surface area contributed by atoms with E-state index in [1.807, 2.05) is 24.3 Å². The van der Waals surface area contributed by atoms with Crippen LogP contribution >= 0.6 is 0 Å². The van der Waals surface area contributed by atoms with Gasteiger partial charge in [0.25, 0.3) is 0 Å². The molecule has 0 atom stereocenters. The standard InChI is InChI=1S/C9H10N2O/c12-6-5-9-7-3-1-2-4-8(7)10-11-9/h1-4,12H,5-6H2,(H,10,11). The Bertz CT molecular complexity index is 381. The van der Waals surface area contributed by atoms with Gasteiger partial charge in [-0.2, -0.15) is 5.10 Å². The molecule has 1 aromatic heterocycles. The van der Waals surface area contributed by atoms with Gasteiger partial charge in [-0.15, -0.1) is 0 Å². The summed E-state index contributed by atoms with van der Waals surface area (Å²) in [7, 11) is 0. The van der Waals surface area contributed by atoms with E-state index < -0.39 is 0 Å². The Morgan fingerprint density at radius 3 is 3.00 bits per heavy atom. The first-order valence-corrected chi connectivity index (χ1v) is 3.94. The summed E-state index contributed by atoms with van der Waals surface area (Å²) in [5, 5.41) is 16.9. The summed E-state index contributed by atoms with van der Waals surface area (Å²) in [6.07, 6.45) is 0.615. The molecule has 2 rings (SSSR count). The number of nitrogens with one attached hydrogen (secondary N) is 1. The molecule has 1 aromatic carbocycles. The van der Waals surface area contributed by atoms with Gasteiger partial charge in [0.1, 0.15) is 0 Å². The third-order valence-electron chi connectivity index (χ3n) is 1.90. The zero-order chi connectivity index (χ0) is 8.39. The van der Waals surface area contributed by atoms with Crippen molar-refractivity contribution in [2.75, 3.05) is 6.61 Å². The van der Waals surface area contributed by atoms with Crippen LogP contribution in [0.25, 0.3) is 10.9 Å². The van der Waals surface area contributed by atoms with Crippen LogP contribution in [0.15, 0.2) is 24.3 Å². The van der Waals surface area contributed by atoms with Crippen molar-refractivity contribution < 1.29 is 5.11 Å². The summed E-state index contributed by atoms with van der Waals surface area (Å²) in [5.41, 5.74) is 1.97. The van der Waals surface area contributed by atoms with Crippen molar-refractivity contribution in [3.8, 4) is 0 Å². The first-order chi connectivity index (χ1) is 5.92. The highest BCUT2D eigenvalue weighted by molar-refractivity contribution is 5.81. The molecule has 12 heavy (non-hydrogen) atoms. The van der Waals surface area contributed by atoms with E-state index in [1.165, 1.54) is 0 Å². The highest BCUT2D eigenvalue weighted by Gasteiger charge is 2.02. The number of aromatic nitrogens is 2. The molecule has 2 N–H and O–H groups in total. The maximum absolute atomic E-state index is 8.74. The van der Waals surface area contributed by atoms with Crippen molar-refractivity contribution in [1.29, 1.82) is 0 Å². The topological polar surface area (TPSA) is 48.9 Å². The average molecular weight is 162 g/mol. The lowest BCUT2D eigenvalue weighted by atomic mass is 10.2. The zero-order valence-corrected chi connectivity index (χ0v) is 6.62. The van der Waals surface area contributed by atoms with Gasteiger partial charge in [0.2, 0.25) is 0 Å². The molecular weight excluding hydrogens is 152 g/mol. The number of benzene rings is 1. The van der Waals surface area contributed by atoms with Gasteiger partial charge in [-0.3, -0.25) is 5.10 Å². The van der Waals surface area contributed by atoms with Crippen LogP contribution in [0.5, 0.6) is 0 Å². The number of aliphatic hydroxyl groups excluding tert-OH is 1. The molecule has 2 aromatic rings. The second-order valence-corrected chi connectivity index (χ2v) is 2.69. The fourth-order valence-electron chi connectivity index (χ4n) is 1.32.